The maximum Gasteiger partial charge on any atom is 0.356 e. The zero-order valence-electron chi connectivity index (χ0n) is 18.8. The Morgan fingerprint density at radius 2 is 1.62 bits per heavy atom. The van der Waals surface area contributed by atoms with Crippen molar-refractivity contribution in [3.05, 3.63) is 114 Å². The number of para-hydroxylation sites is 1. The highest BCUT2D eigenvalue weighted by Crippen LogP contribution is 2.31. The number of hydrogen-bond donors (Lipinski definition) is 0. The second-order valence-electron chi connectivity index (χ2n) is 8.09. The molecule has 0 bridgehead atoms. The standard InChI is InChI=1S/C28H24FN3O2/c1-2-34-28(33)27-16-25(30-32(27)18-21-12-14-22(29)15-13-21)24-19-31(17-20-8-4-3-5-9-20)26-11-7-6-10-23(24)26/h3-16,19H,2,17-18H2,1H3. The summed E-state index contributed by atoms with van der Waals surface area (Å²) < 4.78 is 22.5. The third-order valence-corrected chi connectivity index (χ3v) is 5.77. The van der Waals surface area contributed by atoms with Crippen molar-refractivity contribution in [3.63, 3.8) is 0 Å². The fraction of sp³-hybridized carbons (Fsp3) is 0.143. The van der Waals surface area contributed by atoms with Crippen LogP contribution in [-0.2, 0) is 17.8 Å². The molecule has 0 saturated carbocycles. The Hall–Kier alpha value is -4.19. The molecule has 6 heteroatoms. The predicted octanol–water partition coefficient (Wildman–Crippen LogP) is 5.92. The van der Waals surface area contributed by atoms with Crippen LogP contribution in [0, 0.1) is 5.82 Å². The normalized spacial score (nSPS) is 11.1. The van der Waals surface area contributed by atoms with Gasteiger partial charge in [-0.05, 0) is 42.3 Å². The van der Waals surface area contributed by atoms with Crippen molar-refractivity contribution in [2.45, 2.75) is 20.0 Å². The molecule has 0 spiro atoms. The average molecular weight is 454 g/mol. The number of esters is 1. The van der Waals surface area contributed by atoms with Crippen molar-refractivity contribution in [3.8, 4) is 11.3 Å². The lowest BCUT2D eigenvalue weighted by atomic mass is 10.1. The van der Waals surface area contributed by atoms with E-state index < -0.39 is 5.97 Å². The summed E-state index contributed by atoms with van der Waals surface area (Å²) in [6, 6.07) is 26.4. The van der Waals surface area contributed by atoms with Gasteiger partial charge in [0.05, 0.1) is 18.8 Å². The van der Waals surface area contributed by atoms with Crippen LogP contribution in [0.3, 0.4) is 0 Å². The smallest absolute Gasteiger partial charge is 0.356 e. The number of benzene rings is 3. The number of halogens is 1. The highest BCUT2D eigenvalue weighted by atomic mass is 19.1. The molecule has 0 aliphatic carbocycles. The van der Waals surface area contributed by atoms with Crippen molar-refractivity contribution in [2.75, 3.05) is 6.61 Å². The molecule has 0 unspecified atom stereocenters. The Morgan fingerprint density at radius 3 is 2.38 bits per heavy atom. The van der Waals surface area contributed by atoms with E-state index in [0.717, 1.165) is 28.6 Å². The van der Waals surface area contributed by atoms with E-state index in [1.165, 1.54) is 17.7 Å². The Bertz CT molecular complexity index is 1440. The van der Waals surface area contributed by atoms with Gasteiger partial charge in [-0.3, -0.25) is 4.68 Å². The lowest BCUT2D eigenvalue weighted by Crippen LogP contribution is -2.14. The average Bonchev–Trinajstić information content (AvgIpc) is 3.43. The second-order valence-corrected chi connectivity index (χ2v) is 8.09. The molecule has 0 fully saturated rings. The first kappa shape index (κ1) is 21.6. The van der Waals surface area contributed by atoms with Crippen LogP contribution >= 0.6 is 0 Å². The van der Waals surface area contributed by atoms with Gasteiger partial charge in [-0.2, -0.15) is 5.10 Å². The monoisotopic (exact) mass is 453 g/mol. The Morgan fingerprint density at radius 1 is 0.912 bits per heavy atom. The molecule has 2 heterocycles. The third kappa shape index (κ3) is 4.35. The number of carbonyl (C=O) groups excluding carboxylic acids is 1. The molecule has 2 aromatic heterocycles. The van der Waals surface area contributed by atoms with Gasteiger partial charge in [0.1, 0.15) is 11.5 Å². The molecule has 0 N–H and O–H groups in total. The van der Waals surface area contributed by atoms with Gasteiger partial charge >= 0.3 is 5.97 Å². The van der Waals surface area contributed by atoms with E-state index in [1.54, 1.807) is 29.8 Å². The molecule has 0 saturated heterocycles. The number of ether oxygens (including phenoxy) is 1. The lowest BCUT2D eigenvalue weighted by molar-refractivity contribution is 0.0512. The quantitative estimate of drug-likeness (QED) is 0.288. The number of fused-ring (bicyclic) bond motifs is 1. The van der Waals surface area contributed by atoms with Gasteiger partial charge in [0, 0.05) is 29.2 Å². The molecule has 170 valence electrons. The summed E-state index contributed by atoms with van der Waals surface area (Å²) in [6.45, 7) is 3.10. The van der Waals surface area contributed by atoms with E-state index in [0.29, 0.717) is 17.9 Å². The number of carbonyl (C=O) groups is 1. The Kier molecular flexibility index (Phi) is 5.95. The van der Waals surface area contributed by atoms with E-state index in [4.69, 9.17) is 9.84 Å². The van der Waals surface area contributed by atoms with Gasteiger partial charge in [0.15, 0.2) is 0 Å². The SMILES string of the molecule is CCOC(=O)c1cc(-c2cn(Cc3ccccc3)c3ccccc23)nn1Cc1ccc(F)cc1. The van der Waals surface area contributed by atoms with Crippen LogP contribution in [0.25, 0.3) is 22.2 Å². The van der Waals surface area contributed by atoms with Crippen LogP contribution in [0.1, 0.15) is 28.5 Å². The summed E-state index contributed by atoms with van der Waals surface area (Å²) in [5.74, 6) is -0.738. The maximum absolute atomic E-state index is 13.4. The molecular weight excluding hydrogens is 429 g/mol. The number of rotatable bonds is 7. The Labute approximate surface area is 197 Å². The van der Waals surface area contributed by atoms with Gasteiger partial charge in [0.2, 0.25) is 0 Å². The minimum atomic E-state index is -0.434. The molecule has 0 aliphatic rings. The summed E-state index contributed by atoms with van der Waals surface area (Å²) in [5, 5.41) is 5.84. The minimum Gasteiger partial charge on any atom is -0.461 e. The van der Waals surface area contributed by atoms with Crippen LogP contribution in [0.15, 0.2) is 91.1 Å². The van der Waals surface area contributed by atoms with Crippen LogP contribution in [-0.4, -0.2) is 26.9 Å². The minimum absolute atomic E-state index is 0.270. The maximum atomic E-state index is 13.4. The van der Waals surface area contributed by atoms with Gasteiger partial charge in [-0.15, -0.1) is 0 Å². The fourth-order valence-corrected chi connectivity index (χ4v) is 4.16. The molecule has 5 nitrogen and oxygen atoms in total. The highest BCUT2D eigenvalue weighted by molar-refractivity contribution is 5.97. The Balaban J connectivity index is 1.58. The molecule has 0 aliphatic heterocycles. The first-order chi connectivity index (χ1) is 16.6. The van der Waals surface area contributed by atoms with Gasteiger partial charge in [-0.25, -0.2) is 9.18 Å². The summed E-state index contributed by atoms with van der Waals surface area (Å²) >= 11 is 0. The lowest BCUT2D eigenvalue weighted by Gasteiger charge is -2.07. The number of nitrogens with zero attached hydrogens (tertiary/aromatic N) is 3. The molecular formula is C28H24FN3O2. The summed E-state index contributed by atoms with van der Waals surface area (Å²) in [4.78, 5) is 12.7. The topological polar surface area (TPSA) is 49.1 Å². The molecule has 5 aromatic rings. The van der Waals surface area contributed by atoms with Crippen LogP contribution < -0.4 is 0 Å². The van der Waals surface area contributed by atoms with E-state index in [-0.39, 0.29) is 12.4 Å². The summed E-state index contributed by atoms with van der Waals surface area (Å²) in [5.41, 5.74) is 5.12. The van der Waals surface area contributed by atoms with Gasteiger partial charge in [-0.1, -0.05) is 60.7 Å². The van der Waals surface area contributed by atoms with Crippen LogP contribution in [0.4, 0.5) is 4.39 Å². The largest absolute Gasteiger partial charge is 0.461 e. The van der Waals surface area contributed by atoms with Crippen molar-refractivity contribution in [2.24, 2.45) is 0 Å². The van der Waals surface area contributed by atoms with Crippen molar-refractivity contribution in [1.82, 2.24) is 14.3 Å². The van der Waals surface area contributed by atoms with Crippen LogP contribution in [0.5, 0.6) is 0 Å². The molecule has 34 heavy (non-hydrogen) atoms. The molecule has 0 amide bonds. The number of hydrogen-bond acceptors (Lipinski definition) is 3. The molecule has 0 atom stereocenters. The van der Waals surface area contributed by atoms with E-state index in [9.17, 15) is 9.18 Å². The van der Waals surface area contributed by atoms with Gasteiger partial charge in [0.25, 0.3) is 0 Å². The molecule has 0 radical (unpaired) electrons. The zero-order valence-corrected chi connectivity index (χ0v) is 18.8. The fourth-order valence-electron chi connectivity index (χ4n) is 4.16. The van der Waals surface area contributed by atoms with Crippen molar-refractivity contribution in [1.29, 1.82) is 0 Å². The summed E-state index contributed by atoms with van der Waals surface area (Å²) in [7, 11) is 0. The third-order valence-electron chi connectivity index (χ3n) is 5.77. The molecule has 5 rings (SSSR count). The van der Waals surface area contributed by atoms with E-state index in [2.05, 4.69) is 35.0 Å². The van der Waals surface area contributed by atoms with E-state index >= 15 is 0 Å². The van der Waals surface area contributed by atoms with Crippen LogP contribution in [0.2, 0.25) is 0 Å². The first-order valence-electron chi connectivity index (χ1n) is 11.2. The predicted molar refractivity (Wildman–Crippen MR) is 130 cm³/mol. The number of aromatic nitrogens is 3. The highest BCUT2D eigenvalue weighted by Gasteiger charge is 2.20. The summed E-state index contributed by atoms with van der Waals surface area (Å²) in [6.07, 6.45) is 2.08. The van der Waals surface area contributed by atoms with Crippen molar-refractivity contribution >= 4 is 16.9 Å². The molecule has 3 aromatic carbocycles. The van der Waals surface area contributed by atoms with E-state index in [1.807, 2.05) is 30.3 Å². The first-order valence-corrected chi connectivity index (χ1v) is 11.2. The zero-order chi connectivity index (χ0) is 23.5. The van der Waals surface area contributed by atoms with Crippen molar-refractivity contribution < 1.29 is 13.9 Å². The van der Waals surface area contributed by atoms with Gasteiger partial charge < -0.3 is 9.30 Å². The second kappa shape index (κ2) is 9.35.